The summed E-state index contributed by atoms with van der Waals surface area (Å²) < 4.78 is 2.18. The minimum atomic E-state index is -0.450. The highest BCUT2D eigenvalue weighted by molar-refractivity contribution is 5.80. The molecule has 1 atom stereocenters. The van der Waals surface area contributed by atoms with E-state index in [0.717, 1.165) is 36.2 Å². The zero-order valence-electron chi connectivity index (χ0n) is 14.6. The molecule has 1 aliphatic rings. The van der Waals surface area contributed by atoms with Crippen LogP contribution in [0.3, 0.4) is 0 Å². The molecule has 7 heteroatoms. The molecule has 0 aliphatic carbocycles. The lowest BCUT2D eigenvalue weighted by Gasteiger charge is -2.30. The molecule has 0 bridgehead atoms. The van der Waals surface area contributed by atoms with E-state index in [4.69, 9.17) is 5.73 Å². The molecule has 1 saturated heterocycles. The number of aromatic nitrogens is 2. The van der Waals surface area contributed by atoms with E-state index in [-0.39, 0.29) is 11.8 Å². The molecule has 7 nitrogen and oxygen atoms in total. The van der Waals surface area contributed by atoms with E-state index >= 15 is 0 Å². The molecule has 0 saturated carbocycles. The zero-order chi connectivity index (χ0) is 17.8. The van der Waals surface area contributed by atoms with E-state index in [2.05, 4.69) is 27.9 Å². The van der Waals surface area contributed by atoms with Gasteiger partial charge in [0.05, 0.1) is 17.0 Å². The first-order chi connectivity index (χ1) is 12.1. The van der Waals surface area contributed by atoms with Crippen molar-refractivity contribution in [1.29, 1.82) is 0 Å². The number of nitrogens with two attached hydrogens (primary N) is 1. The van der Waals surface area contributed by atoms with E-state index < -0.39 is 6.03 Å². The van der Waals surface area contributed by atoms with Gasteiger partial charge in [0.25, 0.3) is 0 Å². The number of likely N-dealkylation sites (tertiary alicyclic amines) is 1. The number of rotatable bonds is 5. The average molecular weight is 343 g/mol. The maximum Gasteiger partial charge on any atom is 0.314 e. The van der Waals surface area contributed by atoms with Gasteiger partial charge in [0.1, 0.15) is 5.82 Å². The monoisotopic (exact) mass is 343 g/mol. The quantitative estimate of drug-likeness (QED) is 0.861. The Kier molecular flexibility index (Phi) is 5.21. The Bertz CT molecular complexity index is 770. The van der Waals surface area contributed by atoms with Crippen molar-refractivity contribution in [2.45, 2.75) is 32.7 Å². The Labute approximate surface area is 147 Å². The number of amides is 3. The molecule has 0 radical (unpaired) electrons. The molecule has 1 aromatic heterocycles. The number of benzene rings is 1. The maximum absolute atomic E-state index is 12.4. The standard InChI is InChI=1S/C18H25N5O2/c1-2-23-15-8-4-3-7-14(15)21-16(23)9-10-20-17(24)13-6-5-11-22(12-13)18(19)25/h3-4,7-8,13H,2,5-6,9-12H2,1H3,(H2,19,25)(H,20,24)/t13-/m1/s1. The third kappa shape index (κ3) is 3.75. The second kappa shape index (κ2) is 7.55. The molecule has 134 valence electrons. The number of hydrogen-bond acceptors (Lipinski definition) is 3. The Morgan fingerprint density at radius 3 is 2.92 bits per heavy atom. The predicted octanol–water partition coefficient (Wildman–Crippen LogP) is 1.51. The van der Waals surface area contributed by atoms with E-state index in [1.165, 1.54) is 0 Å². The Hall–Kier alpha value is -2.57. The van der Waals surface area contributed by atoms with Crippen molar-refractivity contribution in [1.82, 2.24) is 19.8 Å². The van der Waals surface area contributed by atoms with Crippen LogP contribution in [-0.4, -0.2) is 46.0 Å². The van der Waals surface area contributed by atoms with Gasteiger partial charge in [-0.2, -0.15) is 0 Å². The summed E-state index contributed by atoms with van der Waals surface area (Å²) in [4.78, 5) is 29.9. The SMILES string of the molecule is CCn1c(CCNC(=O)[C@@H]2CCCN(C(N)=O)C2)nc2ccccc21. The van der Waals surface area contributed by atoms with Crippen molar-refractivity contribution < 1.29 is 9.59 Å². The normalized spacial score (nSPS) is 17.6. The number of carbonyl (C=O) groups is 2. The number of nitrogens with zero attached hydrogens (tertiary/aromatic N) is 3. The van der Waals surface area contributed by atoms with Crippen LogP contribution in [0.4, 0.5) is 4.79 Å². The summed E-state index contributed by atoms with van der Waals surface area (Å²) in [7, 11) is 0. The summed E-state index contributed by atoms with van der Waals surface area (Å²) >= 11 is 0. The van der Waals surface area contributed by atoms with Crippen molar-refractivity contribution in [3.05, 3.63) is 30.1 Å². The Morgan fingerprint density at radius 2 is 2.16 bits per heavy atom. The summed E-state index contributed by atoms with van der Waals surface area (Å²) in [5.74, 6) is 0.794. The fourth-order valence-electron chi connectivity index (χ4n) is 3.50. The van der Waals surface area contributed by atoms with Gasteiger partial charge in [-0.15, -0.1) is 0 Å². The molecule has 0 unspecified atom stereocenters. The van der Waals surface area contributed by atoms with E-state index in [9.17, 15) is 9.59 Å². The summed E-state index contributed by atoms with van der Waals surface area (Å²) in [6, 6.07) is 7.61. The van der Waals surface area contributed by atoms with Crippen LogP contribution in [0.25, 0.3) is 11.0 Å². The highest BCUT2D eigenvalue weighted by atomic mass is 16.2. The molecule has 3 N–H and O–H groups in total. The minimum absolute atomic E-state index is 0.00916. The lowest BCUT2D eigenvalue weighted by Crippen LogP contribution is -2.47. The topological polar surface area (TPSA) is 93.3 Å². The first-order valence-corrected chi connectivity index (χ1v) is 8.86. The number of para-hydroxylation sites is 2. The molecular weight excluding hydrogens is 318 g/mol. The number of piperidine rings is 1. The first-order valence-electron chi connectivity index (χ1n) is 8.86. The molecule has 1 fully saturated rings. The first kappa shape index (κ1) is 17.3. The number of primary amides is 1. The summed E-state index contributed by atoms with van der Waals surface area (Å²) in [6.07, 6.45) is 2.29. The van der Waals surface area contributed by atoms with Crippen LogP contribution >= 0.6 is 0 Å². The van der Waals surface area contributed by atoms with Crippen LogP contribution in [0.2, 0.25) is 0 Å². The molecule has 0 spiro atoms. The molecule has 2 aromatic rings. The van der Waals surface area contributed by atoms with Crippen LogP contribution in [0, 0.1) is 5.92 Å². The fourth-order valence-corrected chi connectivity index (χ4v) is 3.50. The zero-order valence-corrected chi connectivity index (χ0v) is 14.6. The van der Waals surface area contributed by atoms with Gasteiger partial charge in [0.2, 0.25) is 5.91 Å². The van der Waals surface area contributed by atoms with Crippen molar-refractivity contribution in [2.24, 2.45) is 11.7 Å². The van der Waals surface area contributed by atoms with Gasteiger partial charge < -0.3 is 20.5 Å². The lowest BCUT2D eigenvalue weighted by molar-refractivity contribution is -0.126. The van der Waals surface area contributed by atoms with Gasteiger partial charge in [-0.25, -0.2) is 9.78 Å². The predicted molar refractivity (Wildman–Crippen MR) is 96.0 cm³/mol. The fraction of sp³-hybridized carbons (Fsp3) is 0.500. The van der Waals surface area contributed by atoms with Crippen LogP contribution in [0.1, 0.15) is 25.6 Å². The molecule has 25 heavy (non-hydrogen) atoms. The molecule has 1 aliphatic heterocycles. The second-order valence-electron chi connectivity index (χ2n) is 6.43. The highest BCUT2D eigenvalue weighted by Gasteiger charge is 2.27. The number of fused-ring (bicyclic) bond motifs is 1. The number of aryl methyl sites for hydroxylation is 1. The van der Waals surface area contributed by atoms with Crippen molar-refractivity contribution in [2.75, 3.05) is 19.6 Å². The van der Waals surface area contributed by atoms with Crippen molar-refractivity contribution in [3.63, 3.8) is 0 Å². The third-order valence-electron chi connectivity index (χ3n) is 4.80. The summed E-state index contributed by atoms with van der Waals surface area (Å²) in [6.45, 7) is 4.53. The van der Waals surface area contributed by atoms with E-state index in [1.807, 2.05) is 18.2 Å². The maximum atomic E-state index is 12.4. The highest BCUT2D eigenvalue weighted by Crippen LogP contribution is 2.17. The molecule has 1 aromatic carbocycles. The van der Waals surface area contributed by atoms with Crippen LogP contribution in [-0.2, 0) is 17.8 Å². The van der Waals surface area contributed by atoms with Crippen molar-refractivity contribution in [3.8, 4) is 0 Å². The molecule has 3 rings (SSSR count). The Morgan fingerprint density at radius 1 is 1.36 bits per heavy atom. The Balaban J connectivity index is 1.57. The largest absolute Gasteiger partial charge is 0.355 e. The number of urea groups is 1. The van der Waals surface area contributed by atoms with Gasteiger partial charge in [-0.1, -0.05) is 12.1 Å². The van der Waals surface area contributed by atoms with Gasteiger partial charge in [-0.05, 0) is 31.9 Å². The van der Waals surface area contributed by atoms with Gasteiger partial charge in [-0.3, -0.25) is 4.79 Å². The summed E-state index contributed by atoms with van der Waals surface area (Å²) in [5.41, 5.74) is 7.42. The molecule has 3 amide bonds. The number of nitrogens with one attached hydrogen (secondary N) is 1. The lowest BCUT2D eigenvalue weighted by atomic mass is 9.97. The number of imidazole rings is 1. The molecule has 2 heterocycles. The number of hydrogen-bond donors (Lipinski definition) is 2. The number of carbonyl (C=O) groups excluding carboxylic acids is 2. The van der Waals surface area contributed by atoms with Crippen LogP contribution in [0.15, 0.2) is 24.3 Å². The van der Waals surface area contributed by atoms with Crippen LogP contribution in [0.5, 0.6) is 0 Å². The average Bonchev–Trinajstić information content (AvgIpc) is 2.99. The third-order valence-corrected chi connectivity index (χ3v) is 4.80. The van der Waals surface area contributed by atoms with Gasteiger partial charge >= 0.3 is 6.03 Å². The second-order valence-corrected chi connectivity index (χ2v) is 6.43. The van der Waals surface area contributed by atoms with E-state index in [0.29, 0.717) is 26.1 Å². The van der Waals surface area contributed by atoms with E-state index in [1.54, 1.807) is 4.90 Å². The molecular formula is C18H25N5O2. The minimum Gasteiger partial charge on any atom is -0.355 e. The van der Waals surface area contributed by atoms with Gasteiger partial charge in [0.15, 0.2) is 0 Å². The van der Waals surface area contributed by atoms with Crippen LogP contribution < -0.4 is 11.1 Å². The summed E-state index contributed by atoms with van der Waals surface area (Å²) in [5, 5.41) is 2.98. The van der Waals surface area contributed by atoms with Gasteiger partial charge in [0, 0.05) is 32.6 Å². The smallest absolute Gasteiger partial charge is 0.314 e. The van der Waals surface area contributed by atoms with Crippen molar-refractivity contribution >= 4 is 23.0 Å².